The molecule has 18 heavy (non-hydrogen) atoms. The van der Waals surface area contributed by atoms with Crippen molar-refractivity contribution in [2.45, 2.75) is 33.2 Å². The highest BCUT2D eigenvalue weighted by Crippen LogP contribution is 2.26. The zero-order valence-electron chi connectivity index (χ0n) is 11.1. The molecule has 0 aliphatic carbocycles. The van der Waals surface area contributed by atoms with Gasteiger partial charge in [-0.2, -0.15) is 0 Å². The van der Waals surface area contributed by atoms with E-state index in [1.165, 1.54) is 6.42 Å². The van der Waals surface area contributed by atoms with Crippen LogP contribution in [-0.2, 0) is 0 Å². The highest BCUT2D eigenvalue weighted by atomic mass is 35.5. The second-order valence-corrected chi connectivity index (χ2v) is 5.27. The molecule has 0 aliphatic rings. The number of hydrogen-bond acceptors (Lipinski definition) is 2. The minimum absolute atomic E-state index is 0.441. The minimum atomic E-state index is 0.441. The lowest BCUT2D eigenvalue weighted by atomic mass is 10.0. The minimum Gasteiger partial charge on any atom is -0.382 e. The summed E-state index contributed by atoms with van der Waals surface area (Å²) < 4.78 is 0. The lowest BCUT2D eigenvalue weighted by molar-refractivity contribution is 0.495. The van der Waals surface area contributed by atoms with Gasteiger partial charge in [0.15, 0.2) is 0 Å². The number of fused-ring (bicyclic) bond motifs is 1. The van der Waals surface area contributed by atoms with Gasteiger partial charge in [0.25, 0.3) is 0 Å². The quantitative estimate of drug-likeness (QED) is 0.861. The highest BCUT2D eigenvalue weighted by Gasteiger charge is 2.11. The van der Waals surface area contributed by atoms with Crippen LogP contribution in [0.1, 0.15) is 27.2 Å². The summed E-state index contributed by atoms with van der Waals surface area (Å²) >= 11 is 5.99. The Kier molecular flexibility index (Phi) is 4.07. The first-order valence-corrected chi connectivity index (χ1v) is 6.80. The van der Waals surface area contributed by atoms with Gasteiger partial charge < -0.3 is 5.32 Å². The molecule has 2 atom stereocenters. The Bertz CT molecular complexity index is 539. The molecule has 2 unspecified atom stereocenters. The number of rotatable bonds is 4. The van der Waals surface area contributed by atoms with E-state index in [1.54, 1.807) is 0 Å². The van der Waals surface area contributed by atoms with E-state index >= 15 is 0 Å². The van der Waals surface area contributed by atoms with Gasteiger partial charge in [0.2, 0.25) is 0 Å². The molecule has 0 amide bonds. The van der Waals surface area contributed by atoms with Crippen molar-refractivity contribution in [1.82, 2.24) is 4.98 Å². The van der Waals surface area contributed by atoms with Crippen LogP contribution in [0.15, 0.2) is 30.5 Å². The van der Waals surface area contributed by atoms with Crippen LogP contribution in [0.2, 0.25) is 5.02 Å². The maximum atomic E-state index is 5.99. The SMILES string of the molecule is CCC(C)C(C)Nc1ccnc2cc(Cl)ccc12. The molecule has 1 aromatic carbocycles. The van der Waals surface area contributed by atoms with Crippen molar-refractivity contribution in [1.29, 1.82) is 0 Å². The molecule has 2 aromatic rings. The smallest absolute Gasteiger partial charge is 0.0737 e. The van der Waals surface area contributed by atoms with Gasteiger partial charge in [-0.1, -0.05) is 31.9 Å². The summed E-state index contributed by atoms with van der Waals surface area (Å²) in [5.74, 6) is 0.639. The molecule has 0 aliphatic heterocycles. The molecular formula is C15H19ClN2. The summed E-state index contributed by atoms with van der Waals surface area (Å²) in [4.78, 5) is 4.35. The Morgan fingerprint density at radius 2 is 2.06 bits per heavy atom. The van der Waals surface area contributed by atoms with E-state index in [9.17, 15) is 0 Å². The van der Waals surface area contributed by atoms with E-state index in [2.05, 4.69) is 31.1 Å². The average Bonchev–Trinajstić information content (AvgIpc) is 2.37. The van der Waals surface area contributed by atoms with Crippen molar-refractivity contribution in [3.8, 4) is 0 Å². The first-order valence-electron chi connectivity index (χ1n) is 6.42. The third-order valence-electron chi connectivity index (χ3n) is 3.59. The molecule has 1 aromatic heterocycles. The Morgan fingerprint density at radius 3 is 2.78 bits per heavy atom. The van der Waals surface area contributed by atoms with Gasteiger partial charge >= 0.3 is 0 Å². The predicted octanol–water partition coefficient (Wildman–Crippen LogP) is 4.73. The molecule has 2 nitrogen and oxygen atoms in total. The first kappa shape index (κ1) is 13.2. The summed E-state index contributed by atoms with van der Waals surface area (Å²) in [7, 11) is 0. The molecule has 0 spiro atoms. The van der Waals surface area contributed by atoms with Crippen molar-refractivity contribution in [3.05, 3.63) is 35.5 Å². The topological polar surface area (TPSA) is 24.9 Å². The van der Waals surface area contributed by atoms with E-state index in [-0.39, 0.29) is 0 Å². The molecule has 0 fully saturated rings. The molecule has 2 rings (SSSR count). The van der Waals surface area contributed by atoms with Crippen LogP contribution >= 0.6 is 11.6 Å². The van der Waals surface area contributed by atoms with E-state index in [4.69, 9.17) is 11.6 Å². The maximum Gasteiger partial charge on any atom is 0.0737 e. The monoisotopic (exact) mass is 262 g/mol. The Labute approximate surface area is 113 Å². The van der Waals surface area contributed by atoms with Gasteiger partial charge in [-0.3, -0.25) is 4.98 Å². The number of nitrogens with zero attached hydrogens (tertiary/aromatic N) is 1. The predicted molar refractivity (Wildman–Crippen MR) is 79.3 cm³/mol. The molecule has 3 heteroatoms. The van der Waals surface area contributed by atoms with Crippen LogP contribution in [0.4, 0.5) is 5.69 Å². The van der Waals surface area contributed by atoms with Crippen LogP contribution in [-0.4, -0.2) is 11.0 Å². The molecule has 0 saturated carbocycles. The van der Waals surface area contributed by atoms with Crippen LogP contribution in [0.5, 0.6) is 0 Å². The number of nitrogens with one attached hydrogen (secondary N) is 1. The molecule has 96 valence electrons. The zero-order valence-corrected chi connectivity index (χ0v) is 11.8. The van der Waals surface area contributed by atoms with Gasteiger partial charge in [0, 0.05) is 28.3 Å². The maximum absolute atomic E-state index is 5.99. The summed E-state index contributed by atoms with van der Waals surface area (Å²) in [5, 5.41) is 5.42. The standard InChI is InChI=1S/C15H19ClN2/c1-4-10(2)11(3)18-14-7-8-17-15-9-12(16)5-6-13(14)15/h5-11H,4H2,1-3H3,(H,17,18). The number of hydrogen-bond donors (Lipinski definition) is 1. The number of pyridine rings is 1. The Hall–Kier alpha value is -1.28. The molecule has 0 bridgehead atoms. The van der Waals surface area contributed by atoms with Crippen LogP contribution in [0.25, 0.3) is 10.9 Å². The number of anilines is 1. The van der Waals surface area contributed by atoms with E-state index in [1.807, 2.05) is 30.5 Å². The Balaban J connectivity index is 2.33. The van der Waals surface area contributed by atoms with Gasteiger partial charge in [0.1, 0.15) is 0 Å². The number of halogens is 1. The van der Waals surface area contributed by atoms with Gasteiger partial charge in [-0.05, 0) is 37.1 Å². The fourth-order valence-electron chi connectivity index (χ4n) is 1.99. The van der Waals surface area contributed by atoms with E-state index < -0.39 is 0 Å². The molecular weight excluding hydrogens is 244 g/mol. The fraction of sp³-hybridized carbons (Fsp3) is 0.400. The van der Waals surface area contributed by atoms with Crippen molar-refractivity contribution in [2.24, 2.45) is 5.92 Å². The molecule has 0 saturated heterocycles. The lowest BCUT2D eigenvalue weighted by Crippen LogP contribution is -2.23. The second-order valence-electron chi connectivity index (χ2n) is 4.84. The van der Waals surface area contributed by atoms with Gasteiger partial charge in [-0.15, -0.1) is 0 Å². The summed E-state index contributed by atoms with van der Waals surface area (Å²) in [6, 6.07) is 8.29. The van der Waals surface area contributed by atoms with Crippen molar-refractivity contribution >= 4 is 28.2 Å². The largest absolute Gasteiger partial charge is 0.382 e. The normalized spacial score (nSPS) is 14.4. The van der Waals surface area contributed by atoms with Crippen LogP contribution in [0, 0.1) is 5.92 Å². The van der Waals surface area contributed by atoms with Gasteiger partial charge in [-0.25, -0.2) is 0 Å². The lowest BCUT2D eigenvalue weighted by Gasteiger charge is -2.22. The molecule has 0 radical (unpaired) electrons. The molecule has 1 N–H and O–H groups in total. The van der Waals surface area contributed by atoms with Crippen molar-refractivity contribution < 1.29 is 0 Å². The second kappa shape index (κ2) is 5.57. The van der Waals surface area contributed by atoms with Crippen LogP contribution < -0.4 is 5.32 Å². The number of benzene rings is 1. The van der Waals surface area contributed by atoms with E-state index in [0.717, 1.165) is 21.6 Å². The molecule has 1 heterocycles. The first-order chi connectivity index (χ1) is 8.61. The van der Waals surface area contributed by atoms with Crippen molar-refractivity contribution in [2.75, 3.05) is 5.32 Å². The average molecular weight is 263 g/mol. The number of aromatic nitrogens is 1. The third kappa shape index (κ3) is 2.75. The van der Waals surface area contributed by atoms with Gasteiger partial charge in [0.05, 0.1) is 5.52 Å². The Morgan fingerprint density at radius 1 is 1.28 bits per heavy atom. The summed E-state index contributed by atoms with van der Waals surface area (Å²) in [6.45, 7) is 6.70. The zero-order chi connectivity index (χ0) is 13.1. The van der Waals surface area contributed by atoms with Crippen LogP contribution in [0.3, 0.4) is 0 Å². The van der Waals surface area contributed by atoms with Crippen molar-refractivity contribution in [3.63, 3.8) is 0 Å². The fourth-order valence-corrected chi connectivity index (χ4v) is 2.15. The highest BCUT2D eigenvalue weighted by molar-refractivity contribution is 6.31. The van der Waals surface area contributed by atoms with E-state index in [0.29, 0.717) is 12.0 Å². The summed E-state index contributed by atoms with van der Waals surface area (Å²) in [5.41, 5.74) is 2.06. The third-order valence-corrected chi connectivity index (χ3v) is 3.82. The summed E-state index contributed by atoms with van der Waals surface area (Å²) in [6.07, 6.45) is 2.99.